The quantitative estimate of drug-likeness (QED) is 0.358. The number of carbonyl (C=O) groups excluding carboxylic acids is 1. The van der Waals surface area contributed by atoms with Crippen LogP contribution in [0.3, 0.4) is 0 Å². The van der Waals surface area contributed by atoms with E-state index in [4.69, 9.17) is 9.26 Å². The van der Waals surface area contributed by atoms with Crippen LogP contribution in [0.5, 0.6) is 0 Å². The maximum atomic E-state index is 12.2. The molecular formula is C26H29N7O3. The number of fused-ring (bicyclic) bond motifs is 1. The Morgan fingerprint density at radius 2 is 1.92 bits per heavy atom. The molecule has 1 aliphatic rings. The lowest BCUT2D eigenvalue weighted by atomic mass is 9.98. The van der Waals surface area contributed by atoms with Crippen LogP contribution in [0.25, 0.3) is 22.5 Å². The van der Waals surface area contributed by atoms with Gasteiger partial charge in [-0.3, -0.25) is 4.90 Å². The number of ether oxygens (including phenoxy) is 1. The third-order valence-electron chi connectivity index (χ3n) is 6.30. The van der Waals surface area contributed by atoms with Gasteiger partial charge in [0.1, 0.15) is 5.69 Å². The molecule has 0 atom stereocenters. The Kier molecular flexibility index (Phi) is 6.92. The number of anilines is 1. The fraction of sp³-hybridized carbons (Fsp3) is 0.346. The molecule has 4 aromatic rings. The molecule has 0 saturated carbocycles. The summed E-state index contributed by atoms with van der Waals surface area (Å²) in [5.41, 5.74) is 6.00. The number of aromatic amines is 1. The number of nitrogens with zero attached hydrogens (tertiary/aromatic N) is 6. The summed E-state index contributed by atoms with van der Waals surface area (Å²) in [6.07, 6.45) is 1.76. The van der Waals surface area contributed by atoms with Crippen molar-refractivity contribution >= 4 is 12.0 Å². The van der Waals surface area contributed by atoms with E-state index in [0.717, 1.165) is 58.8 Å². The van der Waals surface area contributed by atoms with Gasteiger partial charge in [0.15, 0.2) is 5.82 Å². The molecular weight excluding hydrogens is 458 g/mol. The molecule has 0 saturated heterocycles. The van der Waals surface area contributed by atoms with E-state index in [1.165, 1.54) is 0 Å². The normalized spacial score (nSPS) is 12.6. The Morgan fingerprint density at radius 3 is 2.64 bits per heavy atom. The molecule has 1 N–H and O–H groups in total. The van der Waals surface area contributed by atoms with Gasteiger partial charge in [0.05, 0.1) is 25.3 Å². The average molecular weight is 488 g/mol. The highest BCUT2D eigenvalue weighted by Crippen LogP contribution is 2.34. The summed E-state index contributed by atoms with van der Waals surface area (Å²) < 4.78 is 11.0. The number of hydrogen-bond acceptors (Lipinski definition) is 8. The zero-order valence-electron chi connectivity index (χ0n) is 20.5. The molecule has 0 radical (unpaired) electrons. The Bertz CT molecular complexity index is 1300. The first-order valence-electron chi connectivity index (χ1n) is 12.2. The molecule has 10 heteroatoms. The lowest BCUT2D eigenvalue weighted by molar-refractivity contribution is 0.105. The number of nitrogens with one attached hydrogen (secondary N) is 1. The first-order chi connectivity index (χ1) is 17.7. The molecule has 10 nitrogen and oxygen atoms in total. The largest absolute Gasteiger partial charge is 0.450 e. The zero-order chi connectivity index (χ0) is 24.9. The van der Waals surface area contributed by atoms with Crippen LogP contribution in [0.2, 0.25) is 0 Å². The Balaban J connectivity index is 1.36. The highest BCUT2D eigenvalue weighted by atomic mass is 16.6. The standard InChI is InChI=1S/C26H29N7O3/c1-3-5-14-32(25-22-16-33(26(34)35-4-2)17-23(22)29-36-25)15-18-10-12-19(13-11-18)20-8-6-7-9-21(20)24-27-30-31-28-24/h6-13H,3-5,14-17H2,1-2H3,(H,27,28,30,31). The lowest BCUT2D eigenvalue weighted by Gasteiger charge is -2.23. The molecule has 5 rings (SSSR count). The number of rotatable bonds is 9. The summed E-state index contributed by atoms with van der Waals surface area (Å²) in [7, 11) is 0. The molecule has 2 aromatic heterocycles. The van der Waals surface area contributed by atoms with Crippen LogP contribution in [-0.4, -0.2) is 49.9 Å². The number of H-pyrrole nitrogens is 1. The molecule has 1 aliphatic heterocycles. The first-order valence-corrected chi connectivity index (χ1v) is 12.2. The van der Waals surface area contributed by atoms with Gasteiger partial charge in [0.2, 0.25) is 5.88 Å². The van der Waals surface area contributed by atoms with E-state index in [-0.39, 0.29) is 6.09 Å². The summed E-state index contributed by atoms with van der Waals surface area (Å²) in [4.78, 5) is 16.1. The predicted octanol–water partition coefficient (Wildman–Crippen LogP) is 4.80. The van der Waals surface area contributed by atoms with E-state index < -0.39 is 0 Å². The molecule has 186 valence electrons. The number of benzene rings is 2. The number of tetrazole rings is 1. The van der Waals surface area contributed by atoms with Crippen molar-refractivity contribution in [3.63, 3.8) is 0 Å². The van der Waals surface area contributed by atoms with Crippen molar-refractivity contribution in [3.8, 4) is 22.5 Å². The van der Waals surface area contributed by atoms with Crippen LogP contribution in [0.1, 0.15) is 43.5 Å². The third kappa shape index (κ3) is 4.79. The van der Waals surface area contributed by atoms with Gasteiger partial charge >= 0.3 is 6.09 Å². The monoisotopic (exact) mass is 487 g/mol. The van der Waals surface area contributed by atoms with Crippen LogP contribution in [-0.2, 0) is 24.4 Å². The van der Waals surface area contributed by atoms with E-state index in [1.807, 2.05) is 25.1 Å². The van der Waals surface area contributed by atoms with Gasteiger partial charge in [0.25, 0.3) is 0 Å². The fourth-order valence-corrected chi connectivity index (χ4v) is 4.46. The molecule has 0 spiro atoms. The molecule has 0 aliphatic carbocycles. The van der Waals surface area contributed by atoms with Crippen molar-refractivity contribution in [2.45, 2.75) is 46.3 Å². The van der Waals surface area contributed by atoms with Crippen molar-refractivity contribution in [3.05, 3.63) is 65.4 Å². The van der Waals surface area contributed by atoms with Crippen molar-refractivity contribution in [1.29, 1.82) is 0 Å². The van der Waals surface area contributed by atoms with Gasteiger partial charge in [-0.25, -0.2) is 9.89 Å². The number of carbonyl (C=O) groups is 1. The maximum absolute atomic E-state index is 12.2. The van der Waals surface area contributed by atoms with Gasteiger partial charge in [-0.05, 0) is 40.5 Å². The van der Waals surface area contributed by atoms with Gasteiger partial charge in [-0.15, -0.1) is 5.10 Å². The van der Waals surface area contributed by atoms with Crippen LogP contribution in [0.4, 0.5) is 10.7 Å². The SMILES string of the molecule is CCCCN(Cc1ccc(-c2ccccc2-c2nnn[nH]2)cc1)c1onc2c1CN(C(=O)OCC)C2. The second-order valence-electron chi connectivity index (χ2n) is 8.74. The topological polar surface area (TPSA) is 113 Å². The van der Waals surface area contributed by atoms with Gasteiger partial charge in [0, 0.05) is 18.7 Å². The lowest BCUT2D eigenvalue weighted by Crippen LogP contribution is -2.28. The molecule has 36 heavy (non-hydrogen) atoms. The van der Waals surface area contributed by atoms with E-state index in [0.29, 0.717) is 32.1 Å². The molecule has 1 amide bonds. The summed E-state index contributed by atoms with van der Waals surface area (Å²) in [5.74, 6) is 1.37. The summed E-state index contributed by atoms with van der Waals surface area (Å²) in [6.45, 7) is 6.69. The second kappa shape index (κ2) is 10.6. The van der Waals surface area contributed by atoms with Crippen LogP contribution in [0.15, 0.2) is 53.1 Å². The predicted molar refractivity (Wildman–Crippen MR) is 134 cm³/mol. The van der Waals surface area contributed by atoms with Crippen molar-refractivity contribution in [2.24, 2.45) is 0 Å². The van der Waals surface area contributed by atoms with Gasteiger partial charge < -0.3 is 14.2 Å². The molecule has 0 fully saturated rings. The minimum atomic E-state index is -0.321. The summed E-state index contributed by atoms with van der Waals surface area (Å²) in [6, 6.07) is 16.5. The van der Waals surface area contributed by atoms with E-state index >= 15 is 0 Å². The van der Waals surface area contributed by atoms with Crippen LogP contribution >= 0.6 is 0 Å². The van der Waals surface area contributed by atoms with E-state index in [9.17, 15) is 4.79 Å². The molecule has 0 bridgehead atoms. The molecule has 2 aromatic carbocycles. The van der Waals surface area contributed by atoms with Crippen LogP contribution < -0.4 is 4.90 Å². The number of amides is 1. The smallest absolute Gasteiger partial charge is 0.410 e. The van der Waals surface area contributed by atoms with Crippen LogP contribution in [0, 0.1) is 0 Å². The highest BCUT2D eigenvalue weighted by molar-refractivity contribution is 5.80. The number of unbranched alkanes of at least 4 members (excludes halogenated alkanes) is 1. The average Bonchev–Trinajstić information content (AvgIpc) is 3.65. The Morgan fingerprint density at radius 1 is 1.11 bits per heavy atom. The van der Waals surface area contributed by atoms with E-state index in [1.54, 1.807) is 4.90 Å². The first kappa shape index (κ1) is 23.5. The Labute approximate surface area is 209 Å². The third-order valence-corrected chi connectivity index (χ3v) is 6.30. The fourth-order valence-electron chi connectivity index (χ4n) is 4.46. The highest BCUT2D eigenvalue weighted by Gasteiger charge is 2.32. The maximum Gasteiger partial charge on any atom is 0.410 e. The summed E-state index contributed by atoms with van der Waals surface area (Å²) in [5, 5.41) is 18.6. The number of aromatic nitrogens is 5. The minimum absolute atomic E-state index is 0.321. The minimum Gasteiger partial charge on any atom is -0.450 e. The Hall–Kier alpha value is -4.21. The number of hydrogen-bond donors (Lipinski definition) is 1. The zero-order valence-corrected chi connectivity index (χ0v) is 20.5. The molecule has 3 heterocycles. The van der Waals surface area contributed by atoms with Crippen molar-refractivity contribution < 1.29 is 14.1 Å². The van der Waals surface area contributed by atoms with Gasteiger partial charge in [-0.2, -0.15) is 0 Å². The molecule has 0 unspecified atom stereocenters. The second-order valence-corrected chi connectivity index (χ2v) is 8.74. The van der Waals surface area contributed by atoms with E-state index in [2.05, 4.69) is 67.9 Å². The van der Waals surface area contributed by atoms with Crippen molar-refractivity contribution in [1.82, 2.24) is 30.7 Å². The summed E-state index contributed by atoms with van der Waals surface area (Å²) >= 11 is 0. The van der Waals surface area contributed by atoms with Crippen molar-refractivity contribution in [2.75, 3.05) is 18.1 Å². The van der Waals surface area contributed by atoms with Gasteiger partial charge in [-0.1, -0.05) is 67.0 Å².